The zero-order valence-electron chi connectivity index (χ0n) is 15.7. The van der Waals surface area contributed by atoms with Gasteiger partial charge in [0.25, 0.3) is 0 Å². The SMILES string of the molecule is C=Cc1nc(-c2ccc(Cl)cc2Cl)c(OC)nc1NC1c2ccccc2CC1O. The van der Waals surface area contributed by atoms with E-state index in [-0.39, 0.29) is 6.04 Å². The van der Waals surface area contributed by atoms with Gasteiger partial charge in [-0.25, -0.2) is 4.98 Å². The van der Waals surface area contributed by atoms with Gasteiger partial charge in [0.15, 0.2) is 5.82 Å². The van der Waals surface area contributed by atoms with Crippen LogP contribution in [0.4, 0.5) is 5.82 Å². The van der Waals surface area contributed by atoms with Gasteiger partial charge in [-0.3, -0.25) is 0 Å². The molecule has 2 aromatic carbocycles. The van der Waals surface area contributed by atoms with Crippen molar-refractivity contribution >= 4 is 35.1 Å². The maximum absolute atomic E-state index is 10.6. The quantitative estimate of drug-likeness (QED) is 0.587. The number of benzene rings is 2. The molecule has 1 heterocycles. The highest BCUT2D eigenvalue weighted by atomic mass is 35.5. The molecule has 0 saturated heterocycles. The zero-order chi connectivity index (χ0) is 20.5. The number of rotatable bonds is 5. The first-order valence-corrected chi connectivity index (χ1v) is 9.83. The molecular weight excluding hydrogens is 409 g/mol. The van der Waals surface area contributed by atoms with E-state index in [1.807, 2.05) is 24.3 Å². The molecule has 4 rings (SSSR count). The van der Waals surface area contributed by atoms with Gasteiger partial charge in [-0.2, -0.15) is 4.98 Å². The van der Waals surface area contributed by atoms with Gasteiger partial charge in [0.1, 0.15) is 11.4 Å². The lowest BCUT2D eigenvalue weighted by Crippen LogP contribution is -2.22. The van der Waals surface area contributed by atoms with Crippen LogP contribution in [-0.4, -0.2) is 28.3 Å². The Morgan fingerprint density at radius 1 is 1.21 bits per heavy atom. The zero-order valence-corrected chi connectivity index (χ0v) is 17.2. The minimum atomic E-state index is -0.566. The number of aromatic nitrogens is 2. The Bertz CT molecular complexity index is 1090. The molecule has 29 heavy (non-hydrogen) atoms. The van der Waals surface area contributed by atoms with E-state index < -0.39 is 6.10 Å². The van der Waals surface area contributed by atoms with Crippen LogP contribution in [0.1, 0.15) is 22.9 Å². The summed E-state index contributed by atoms with van der Waals surface area (Å²) < 4.78 is 5.48. The smallest absolute Gasteiger partial charge is 0.242 e. The van der Waals surface area contributed by atoms with Gasteiger partial charge in [-0.05, 0) is 35.4 Å². The van der Waals surface area contributed by atoms with Gasteiger partial charge < -0.3 is 15.2 Å². The summed E-state index contributed by atoms with van der Waals surface area (Å²) in [5, 5.41) is 14.8. The molecule has 0 spiro atoms. The molecule has 1 aromatic heterocycles. The number of halogens is 2. The number of methoxy groups -OCH3 is 1. The van der Waals surface area contributed by atoms with Gasteiger partial charge >= 0.3 is 0 Å². The van der Waals surface area contributed by atoms with Crippen LogP contribution in [-0.2, 0) is 6.42 Å². The maximum Gasteiger partial charge on any atom is 0.242 e. The first-order chi connectivity index (χ1) is 14.0. The van der Waals surface area contributed by atoms with Crippen LogP contribution in [0.3, 0.4) is 0 Å². The summed E-state index contributed by atoms with van der Waals surface area (Å²) in [5.41, 5.74) is 3.83. The number of nitrogens with zero attached hydrogens (tertiary/aromatic N) is 2. The fraction of sp³-hybridized carbons (Fsp3) is 0.182. The topological polar surface area (TPSA) is 67.3 Å². The summed E-state index contributed by atoms with van der Waals surface area (Å²) in [7, 11) is 1.52. The van der Waals surface area contributed by atoms with Crippen molar-refractivity contribution in [2.75, 3.05) is 12.4 Å². The van der Waals surface area contributed by atoms with E-state index in [9.17, 15) is 5.11 Å². The molecule has 1 aliphatic rings. The van der Waals surface area contributed by atoms with E-state index in [1.165, 1.54) is 7.11 Å². The third kappa shape index (κ3) is 3.69. The Kier molecular flexibility index (Phi) is 5.46. The molecule has 7 heteroatoms. The first kappa shape index (κ1) is 19.7. The van der Waals surface area contributed by atoms with Crippen molar-refractivity contribution in [2.24, 2.45) is 0 Å². The summed E-state index contributed by atoms with van der Waals surface area (Å²) in [4.78, 5) is 9.27. The van der Waals surface area contributed by atoms with Crippen LogP contribution in [0, 0.1) is 0 Å². The normalized spacial score (nSPS) is 17.7. The van der Waals surface area contributed by atoms with Crippen molar-refractivity contribution in [1.82, 2.24) is 9.97 Å². The molecular formula is C22H19Cl2N3O2. The van der Waals surface area contributed by atoms with Gasteiger partial charge in [0.05, 0.1) is 24.3 Å². The minimum absolute atomic E-state index is 0.297. The number of hydrogen-bond acceptors (Lipinski definition) is 5. The fourth-order valence-electron chi connectivity index (χ4n) is 3.58. The van der Waals surface area contributed by atoms with E-state index in [1.54, 1.807) is 24.3 Å². The van der Waals surface area contributed by atoms with Gasteiger partial charge in [0, 0.05) is 17.0 Å². The molecule has 0 aliphatic heterocycles. The highest BCUT2D eigenvalue weighted by Crippen LogP contribution is 2.38. The third-order valence-corrected chi connectivity index (χ3v) is 5.51. The number of aliphatic hydroxyl groups excluding tert-OH is 1. The lowest BCUT2D eigenvalue weighted by Gasteiger charge is -2.21. The van der Waals surface area contributed by atoms with Gasteiger partial charge in [-0.15, -0.1) is 0 Å². The summed E-state index contributed by atoms with van der Waals surface area (Å²) >= 11 is 12.4. The Hall–Kier alpha value is -2.60. The average Bonchev–Trinajstić information content (AvgIpc) is 3.03. The molecule has 0 bridgehead atoms. The second-order valence-corrected chi connectivity index (χ2v) is 7.58. The monoisotopic (exact) mass is 427 g/mol. The van der Waals surface area contributed by atoms with Crippen molar-refractivity contribution in [2.45, 2.75) is 18.6 Å². The molecule has 1 aliphatic carbocycles. The van der Waals surface area contributed by atoms with Crippen LogP contribution < -0.4 is 10.1 Å². The van der Waals surface area contributed by atoms with Crippen LogP contribution in [0.5, 0.6) is 5.88 Å². The van der Waals surface area contributed by atoms with Crippen LogP contribution in [0.15, 0.2) is 49.0 Å². The number of anilines is 1. The Balaban J connectivity index is 1.77. The largest absolute Gasteiger partial charge is 0.479 e. The predicted octanol–water partition coefficient (Wildman–Crippen LogP) is 5.17. The van der Waals surface area contributed by atoms with Crippen LogP contribution >= 0.6 is 23.2 Å². The van der Waals surface area contributed by atoms with E-state index in [0.29, 0.717) is 45.1 Å². The number of hydrogen-bond donors (Lipinski definition) is 2. The van der Waals surface area contributed by atoms with Crippen LogP contribution in [0.2, 0.25) is 10.0 Å². The molecule has 0 saturated carbocycles. The van der Waals surface area contributed by atoms with Crippen LogP contribution in [0.25, 0.3) is 17.3 Å². The van der Waals surface area contributed by atoms with Gasteiger partial charge in [0.2, 0.25) is 5.88 Å². The number of fused-ring (bicyclic) bond motifs is 1. The highest BCUT2D eigenvalue weighted by Gasteiger charge is 2.32. The molecule has 0 amide bonds. The third-order valence-electron chi connectivity index (χ3n) is 4.96. The fourth-order valence-corrected chi connectivity index (χ4v) is 4.07. The second kappa shape index (κ2) is 8.03. The van der Waals surface area contributed by atoms with E-state index in [4.69, 9.17) is 27.9 Å². The first-order valence-electron chi connectivity index (χ1n) is 9.08. The molecule has 3 aromatic rings. The van der Waals surface area contributed by atoms with Crippen molar-refractivity contribution in [1.29, 1.82) is 0 Å². The Labute approximate surface area is 179 Å². The second-order valence-electron chi connectivity index (χ2n) is 6.74. The standard InChI is InChI=1S/C22H19Cl2N3O2/c1-3-17-21(26-19-14-7-5-4-6-12(14)10-18(19)28)27-22(29-2)20(25-17)15-9-8-13(23)11-16(15)24/h3-9,11,18-19,28H,1,10H2,2H3,(H,26,27). The Morgan fingerprint density at radius 3 is 2.72 bits per heavy atom. The molecule has 0 radical (unpaired) electrons. The lowest BCUT2D eigenvalue weighted by molar-refractivity contribution is 0.165. The van der Waals surface area contributed by atoms with Crippen molar-refractivity contribution in [3.8, 4) is 17.1 Å². The summed E-state index contributed by atoms with van der Waals surface area (Å²) in [6.45, 7) is 3.86. The lowest BCUT2D eigenvalue weighted by atomic mass is 10.1. The molecule has 0 fully saturated rings. The minimum Gasteiger partial charge on any atom is -0.479 e. The molecule has 5 nitrogen and oxygen atoms in total. The highest BCUT2D eigenvalue weighted by molar-refractivity contribution is 6.36. The number of aliphatic hydroxyl groups is 1. The summed E-state index contributed by atoms with van der Waals surface area (Å²) in [6, 6.07) is 12.8. The van der Waals surface area contributed by atoms with Crippen molar-refractivity contribution in [3.05, 3.63) is 75.9 Å². The Morgan fingerprint density at radius 2 is 2.00 bits per heavy atom. The molecule has 2 N–H and O–H groups in total. The van der Waals surface area contributed by atoms with E-state index in [2.05, 4.69) is 21.9 Å². The maximum atomic E-state index is 10.6. The summed E-state index contributed by atoms with van der Waals surface area (Å²) in [5.74, 6) is 0.787. The van der Waals surface area contributed by atoms with Crippen molar-refractivity contribution in [3.63, 3.8) is 0 Å². The number of ether oxygens (including phenoxy) is 1. The molecule has 2 unspecified atom stereocenters. The average molecular weight is 428 g/mol. The van der Waals surface area contributed by atoms with E-state index >= 15 is 0 Å². The number of nitrogens with one attached hydrogen (secondary N) is 1. The van der Waals surface area contributed by atoms with Gasteiger partial charge in [-0.1, -0.05) is 54.0 Å². The predicted molar refractivity (Wildman–Crippen MR) is 117 cm³/mol. The van der Waals surface area contributed by atoms with E-state index in [0.717, 1.165) is 11.1 Å². The van der Waals surface area contributed by atoms with Crippen molar-refractivity contribution < 1.29 is 9.84 Å². The molecule has 148 valence electrons. The summed E-state index contributed by atoms with van der Waals surface area (Å²) in [6.07, 6.45) is 1.62. The molecule has 2 atom stereocenters.